The van der Waals surface area contributed by atoms with Crippen LogP contribution in [0.15, 0.2) is 0 Å². The van der Waals surface area contributed by atoms with Crippen LogP contribution in [0.1, 0.15) is 32.6 Å². The van der Waals surface area contributed by atoms with Crippen molar-refractivity contribution in [1.82, 2.24) is 15.5 Å². The molecule has 1 rings (SSSR count). The van der Waals surface area contributed by atoms with Crippen molar-refractivity contribution in [3.8, 4) is 0 Å². The molecule has 1 aliphatic heterocycles. The van der Waals surface area contributed by atoms with E-state index in [1.807, 2.05) is 0 Å². The molecule has 1 unspecified atom stereocenters. The smallest absolute Gasteiger partial charge is 0.312 e. The van der Waals surface area contributed by atoms with Crippen LogP contribution in [-0.4, -0.2) is 49.7 Å². The molecule has 1 heterocycles. The van der Waals surface area contributed by atoms with E-state index in [2.05, 4.69) is 22.5 Å². The third-order valence-electron chi connectivity index (χ3n) is 3.22. The number of nitrogens with two attached hydrogens (primary N) is 1. The van der Waals surface area contributed by atoms with Crippen molar-refractivity contribution in [3.05, 3.63) is 0 Å². The first-order valence-corrected chi connectivity index (χ1v) is 6.71. The summed E-state index contributed by atoms with van der Waals surface area (Å²) < 4.78 is 0. The first-order valence-electron chi connectivity index (χ1n) is 6.71. The van der Waals surface area contributed by atoms with Gasteiger partial charge in [0, 0.05) is 19.1 Å². The lowest BCUT2D eigenvalue weighted by Gasteiger charge is -2.19. The van der Waals surface area contributed by atoms with Crippen molar-refractivity contribution in [1.29, 1.82) is 0 Å². The summed E-state index contributed by atoms with van der Waals surface area (Å²) >= 11 is 0. The van der Waals surface area contributed by atoms with Crippen LogP contribution in [0.25, 0.3) is 0 Å². The number of nitrogens with one attached hydrogen (secondary N) is 2. The fourth-order valence-electron chi connectivity index (χ4n) is 2.36. The van der Waals surface area contributed by atoms with E-state index in [-0.39, 0.29) is 0 Å². The predicted octanol–water partition coefficient (Wildman–Crippen LogP) is 0.509. The molecule has 2 amide bonds. The van der Waals surface area contributed by atoms with E-state index in [9.17, 15) is 4.79 Å². The molecule has 0 aromatic carbocycles. The van der Waals surface area contributed by atoms with Crippen molar-refractivity contribution < 1.29 is 4.79 Å². The van der Waals surface area contributed by atoms with Gasteiger partial charge in [0.1, 0.15) is 0 Å². The Hall–Kier alpha value is -0.810. The van der Waals surface area contributed by atoms with Gasteiger partial charge in [0.2, 0.25) is 0 Å². The molecule has 17 heavy (non-hydrogen) atoms. The van der Waals surface area contributed by atoms with E-state index in [1.54, 1.807) is 0 Å². The summed E-state index contributed by atoms with van der Waals surface area (Å²) in [5.74, 6) is 0. The van der Waals surface area contributed by atoms with Crippen LogP contribution in [0.4, 0.5) is 4.79 Å². The Kier molecular flexibility index (Phi) is 6.96. The van der Waals surface area contributed by atoms with E-state index in [4.69, 9.17) is 5.73 Å². The van der Waals surface area contributed by atoms with Crippen LogP contribution in [0.2, 0.25) is 0 Å². The molecule has 0 radical (unpaired) electrons. The number of rotatable bonds is 6. The van der Waals surface area contributed by atoms with Crippen molar-refractivity contribution in [3.63, 3.8) is 0 Å². The Morgan fingerprint density at radius 2 is 2.18 bits per heavy atom. The molecule has 0 bridgehead atoms. The van der Waals surface area contributed by atoms with Gasteiger partial charge in [-0.2, -0.15) is 0 Å². The van der Waals surface area contributed by atoms with Crippen molar-refractivity contribution in [2.75, 3.05) is 32.7 Å². The Labute approximate surface area is 104 Å². The molecule has 0 aromatic rings. The number of carbonyl (C=O) groups excluding carboxylic acids is 1. The molecular weight excluding hydrogens is 216 g/mol. The summed E-state index contributed by atoms with van der Waals surface area (Å²) in [6.45, 7) is 7.29. The minimum Gasteiger partial charge on any atom is -0.352 e. The van der Waals surface area contributed by atoms with E-state index < -0.39 is 6.03 Å². The maximum atomic E-state index is 10.5. The second-order valence-corrected chi connectivity index (χ2v) is 4.71. The average Bonchev–Trinajstić information content (AvgIpc) is 2.51. The second kappa shape index (κ2) is 8.31. The monoisotopic (exact) mass is 242 g/mol. The minimum absolute atomic E-state index is 0.443. The highest BCUT2D eigenvalue weighted by Gasteiger charge is 2.15. The Bertz CT molecular complexity index is 223. The van der Waals surface area contributed by atoms with Gasteiger partial charge in [0.05, 0.1) is 0 Å². The molecule has 0 spiro atoms. The molecular formula is C12H26N4O. The quantitative estimate of drug-likeness (QED) is 0.594. The fraction of sp³-hybridized carbons (Fsp3) is 0.917. The molecule has 1 aliphatic rings. The molecule has 0 saturated carbocycles. The minimum atomic E-state index is -0.443. The topological polar surface area (TPSA) is 70.4 Å². The van der Waals surface area contributed by atoms with Gasteiger partial charge in [-0.05, 0) is 45.3 Å². The van der Waals surface area contributed by atoms with Gasteiger partial charge in [0.25, 0.3) is 0 Å². The third kappa shape index (κ3) is 6.48. The molecule has 0 aromatic heterocycles. The van der Waals surface area contributed by atoms with Crippen LogP contribution >= 0.6 is 0 Å². The number of hydrogen-bond acceptors (Lipinski definition) is 3. The summed E-state index contributed by atoms with van der Waals surface area (Å²) in [5.41, 5.74) is 5.00. The van der Waals surface area contributed by atoms with Gasteiger partial charge in [0.15, 0.2) is 0 Å². The summed E-state index contributed by atoms with van der Waals surface area (Å²) in [6, 6.07) is 0.147. The van der Waals surface area contributed by atoms with Crippen molar-refractivity contribution in [2.24, 2.45) is 5.73 Å². The van der Waals surface area contributed by atoms with Crippen LogP contribution in [-0.2, 0) is 0 Å². The number of amides is 2. The van der Waals surface area contributed by atoms with Gasteiger partial charge >= 0.3 is 6.03 Å². The van der Waals surface area contributed by atoms with Crippen LogP contribution in [0, 0.1) is 0 Å². The summed E-state index contributed by atoms with van der Waals surface area (Å²) in [6.07, 6.45) is 4.94. The largest absolute Gasteiger partial charge is 0.352 e. The maximum absolute atomic E-state index is 10.5. The average molecular weight is 242 g/mol. The van der Waals surface area contributed by atoms with Crippen LogP contribution in [0.3, 0.4) is 0 Å². The molecule has 1 atom stereocenters. The van der Waals surface area contributed by atoms with Gasteiger partial charge in [-0.25, -0.2) is 4.79 Å². The standard InChI is InChI=1S/C12H26N4O/c1-2-8-16-9-3-4-11(5-10-16)14-6-7-15-12(13)17/h11,14H,2-10H2,1H3,(H3,13,15,17). The highest BCUT2D eigenvalue weighted by atomic mass is 16.2. The number of carbonyl (C=O) groups is 1. The molecule has 5 nitrogen and oxygen atoms in total. The first kappa shape index (κ1) is 14.3. The fourth-order valence-corrected chi connectivity index (χ4v) is 2.36. The van der Waals surface area contributed by atoms with Gasteiger partial charge in [-0.1, -0.05) is 6.92 Å². The number of nitrogens with zero attached hydrogens (tertiary/aromatic N) is 1. The summed E-state index contributed by atoms with van der Waals surface area (Å²) in [5, 5.41) is 6.08. The van der Waals surface area contributed by atoms with Crippen LogP contribution in [0.5, 0.6) is 0 Å². The second-order valence-electron chi connectivity index (χ2n) is 4.71. The number of primary amides is 1. The molecule has 100 valence electrons. The molecule has 4 N–H and O–H groups in total. The van der Waals surface area contributed by atoms with E-state index in [0.717, 1.165) is 6.54 Å². The lowest BCUT2D eigenvalue weighted by atomic mass is 10.1. The Morgan fingerprint density at radius 1 is 1.35 bits per heavy atom. The SMILES string of the molecule is CCCN1CCCC(NCCNC(N)=O)CC1. The lowest BCUT2D eigenvalue weighted by molar-refractivity contribution is 0.248. The zero-order valence-electron chi connectivity index (χ0n) is 10.9. The van der Waals surface area contributed by atoms with Gasteiger partial charge in [-0.3, -0.25) is 0 Å². The van der Waals surface area contributed by atoms with Gasteiger partial charge in [-0.15, -0.1) is 0 Å². The maximum Gasteiger partial charge on any atom is 0.312 e. The summed E-state index contributed by atoms with van der Waals surface area (Å²) in [7, 11) is 0. The zero-order chi connectivity index (χ0) is 12.5. The van der Waals surface area contributed by atoms with E-state index >= 15 is 0 Å². The first-order chi connectivity index (χ1) is 8.22. The molecule has 5 heteroatoms. The van der Waals surface area contributed by atoms with Gasteiger partial charge < -0.3 is 21.3 Å². The lowest BCUT2D eigenvalue weighted by Crippen LogP contribution is -2.39. The third-order valence-corrected chi connectivity index (χ3v) is 3.22. The number of hydrogen-bond donors (Lipinski definition) is 3. The molecule has 0 aliphatic carbocycles. The Morgan fingerprint density at radius 3 is 2.88 bits per heavy atom. The van der Waals surface area contributed by atoms with Crippen molar-refractivity contribution in [2.45, 2.75) is 38.6 Å². The molecule has 1 fully saturated rings. The van der Waals surface area contributed by atoms with E-state index in [1.165, 1.54) is 45.3 Å². The highest BCUT2D eigenvalue weighted by molar-refractivity contribution is 5.71. The normalized spacial score (nSPS) is 22.1. The molecule has 1 saturated heterocycles. The highest BCUT2D eigenvalue weighted by Crippen LogP contribution is 2.10. The van der Waals surface area contributed by atoms with Crippen LogP contribution < -0.4 is 16.4 Å². The predicted molar refractivity (Wildman–Crippen MR) is 70.0 cm³/mol. The van der Waals surface area contributed by atoms with Crippen molar-refractivity contribution >= 4 is 6.03 Å². The zero-order valence-corrected chi connectivity index (χ0v) is 10.9. The van der Waals surface area contributed by atoms with E-state index in [0.29, 0.717) is 12.6 Å². The number of urea groups is 1. The summed E-state index contributed by atoms with van der Waals surface area (Å²) in [4.78, 5) is 13.0. The Balaban J connectivity index is 2.11. The number of likely N-dealkylation sites (tertiary alicyclic amines) is 1.